The van der Waals surface area contributed by atoms with Crippen LogP contribution in [0.5, 0.6) is 0 Å². The van der Waals surface area contributed by atoms with Crippen molar-refractivity contribution in [3.05, 3.63) is 70.4 Å². The molecule has 1 amide bonds. The Labute approximate surface area is 132 Å². The average molecular weight is 308 g/mol. The van der Waals surface area contributed by atoms with Crippen LogP contribution >= 0.6 is 0 Å². The van der Waals surface area contributed by atoms with Crippen LogP contribution in [-0.2, 0) is 4.79 Å². The number of aromatic nitrogens is 3. The van der Waals surface area contributed by atoms with Gasteiger partial charge >= 0.3 is 5.69 Å². The minimum absolute atomic E-state index is 0.177. The van der Waals surface area contributed by atoms with E-state index in [4.69, 9.17) is 0 Å². The molecule has 0 saturated carbocycles. The molecule has 3 rings (SSSR count). The lowest BCUT2D eigenvalue weighted by Crippen LogP contribution is -2.24. The van der Waals surface area contributed by atoms with Gasteiger partial charge in [-0.05, 0) is 42.3 Å². The fourth-order valence-corrected chi connectivity index (χ4v) is 2.31. The summed E-state index contributed by atoms with van der Waals surface area (Å²) in [4.78, 5) is 32.6. The zero-order valence-corrected chi connectivity index (χ0v) is 12.5. The van der Waals surface area contributed by atoms with Crippen molar-refractivity contribution in [3.63, 3.8) is 0 Å². The Kier molecular flexibility index (Phi) is 4.05. The van der Waals surface area contributed by atoms with E-state index in [1.165, 1.54) is 6.08 Å². The first-order valence-electron chi connectivity index (χ1n) is 7.22. The van der Waals surface area contributed by atoms with Gasteiger partial charge in [-0.2, -0.15) is 0 Å². The van der Waals surface area contributed by atoms with E-state index in [9.17, 15) is 9.59 Å². The van der Waals surface area contributed by atoms with Gasteiger partial charge in [-0.1, -0.05) is 12.1 Å². The SMILES string of the molecule is CC(NC(=O)/C=C/c1cccnc1)c1ccc2[nH]c(=O)[nH]c2c1. The summed E-state index contributed by atoms with van der Waals surface area (Å²) in [5.74, 6) is -0.191. The number of rotatable bonds is 4. The van der Waals surface area contributed by atoms with Crippen LogP contribution < -0.4 is 11.0 Å². The summed E-state index contributed by atoms with van der Waals surface area (Å²) < 4.78 is 0. The second-order valence-electron chi connectivity index (χ2n) is 5.23. The topological polar surface area (TPSA) is 90.6 Å². The van der Waals surface area contributed by atoms with E-state index in [1.54, 1.807) is 18.5 Å². The van der Waals surface area contributed by atoms with Crippen molar-refractivity contribution in [3.8, 4) is 0 Å². The Hall–Kier alpha value is -3.15. The van der Waals surface area contributed by atoms with E-state index in [1.807, 2.05) is 37.3 Å². The molecule has 6 heteroatoms. The maximum Gasteiger partial charge on any atom is 0.323 e. The molecule has 1 atom stereocenters. The first kappa shape index (κ1) is 14.8. The van der Waals surface area contributed by atoms with Crippen molar-refractivity contribution in [2.24, 2.45) is 0 Å². The smallest absolute Gasteiger partial charge is 0.323 e. The number of hydrogen-bond donors (Lipinski definition) is 3. The summed E-state index contributed by atoms with van der Waals surface area (Å²) >= 11 is 0. The number of carbonyl (C=O) groups is 1. The lowest BCUT2D eigenvalue weighted by Gasteiger charge is -2.12. The maximum absolute atomic E-state index is 12.0. The number of nitrogens with zero attached hydrogens (tertiary/aromatic N) is 1. The number of H-pyrrole nitrogens is 2. The maximum atomic E-state index is 12.0. The van der Waals surface area contributed by atoms with E-state index in [0.717, 1.165) is 22.2 Å². The molecule has 3 N–H and O–H groups in total. The minimum Gasteiger partial charge on any atom is -0.346 e. The lowest BCUT2D eigenvalue weighted by atomic mass is 10.1. The Balaban J connectivity index is 1.69. The summed E-state index contributed by atoms with van der Waals surface area (Å²) in [6.07, 6.45) is 6.55. The first-order valence-corrected chi connectivity index (χ1v) is 7.22. The molecule has 0 aliphatic heterocycles. The van der Waals surface area contributed by atoms with E-state index < -0.39 is 0 Å². The molecule has 0 bridgehead atoms. The number of aromatic amines is 2. The molecule has 3 aromatic rings. The Morgan fingerprint density at radius 1 is 1.26 bits per heavy atom. The number of amides is 1. The molecule has 0 aliphatic rings. The highest BCUT2D eigenvalue weighted by Crippen LogP contribution is 2.17. The zero-order chi connectivity index (χ0) is 16.2. The van der Waals surface area contributed by atoms with E-state index in [0.29, 0.717) is 0 Å². The monoisotopic (exact) mass is 308 g/mol. The van der Waals surface area contributed by atoms with Crippen LogP contribution in [0.25, 0.3) is 17.1 Å². The largest absolute Gasteiger partial charge is 0.346 e. The third kappa shape index (κ3) is 3.55. The molecule has 0 spiro atoms. The van der Waals surface area contributed by atoms with Crippen LogP contribution in [0.3, 0.4) is 0 Å². The fraction of sp³-hybridized carbons (Fsp3) is 0.118. The molecule has 2 heterocycles. The van der Waals surface area contributed by atoms with Crippen molar-refractivity contribution >= 4 is 23.0 Å². The molecule has 0 aliphatic carbocycles. The van der Waals surface area contributed by atoms with Gasteiger partial charge in [0.05, 0.1) is 17.1 Å². The number of benzene rings is 1. The van der Waals surface area contributed by atoms with Crippen molar-refractivity contribution in [2.75, 3.05) is 0 Å². The van der Waals surface area contributed by atoms with E-state index >= 15 is 0 Å². The van der Waals surface area contributed by atoms with Crippen LogP contribution in [0, 0.1) is 0 Å². The summed E-state index contributed by atoms with van der Waals surface area (Å²) in [7, 11) is 0. The van der Waals surface area contributed by atoms with Gasteiger partial charge in [0.1, 0.15) is 0 Å². The molecule has 2 aromatic heterocycles. The summed E-state index contributed by atoms with van der Waals surface area (Å²) in [5, 5.41) is 2.89. The summed E-state index contributed by atoms with van der Waals surface area (Å²) in [6.45, 7) is 1.89. The summed E-state index contributed by atoms with van der Waals surface area (Å²) in [6, 6.07) is 9.05. The fourth-order valence-electron chi connectivity index (χ4n) is 2.31. The van der Waals surface area contributed by atoms with Crippen molar-refractivity contribution in [1.29, 1.82) is 0 Å². The molecule has 0 fully saturated rings. The average Bonchev–Trinajstić information content (AvgIpc) is 2.93. The Bertz CT molecular complexity index is 909. The predicted octanol–water partition coefficient (Wildman–Crippen LogP) is 2.14. The highest BCUT2D eigenvalue weighted by molar-refractivity contribution is 5.92. The molecular formula is C17H16N4O2. The van der Waals surface area contributed by atoms with Gasteiger partial charge in [0.2, 0.25) is 5.91 Å². The zero-order valence-electron chi connectivity index (χ0n) is 12.5. The second-order valence-corrected chi connectivity index (χ2v) is 5.23. The van der Waals surface area contributed by atoms with Crippen LogP contribution in [0.1, 0.15) is 24.1 Å². The molecule has 6 nitrogen and oxygen atoms in total. The number of imidazole rings is 1. The normalized spacial score (nSPS) is 12.6. The number of nitrogens with one attached hydrogen (secondary N) is 3. The number of fused-ring (bicyclic) bond motifs is 1. The highest BCUT2D eigenvalue weighted by Gasteiger charge is 2.09. The molecule has 1 unspecified atom stereocenters. The van der Waals surface area contributed by atoms with Crippen molar-refractivity contribution in [1.82, 2.24) is 20.3 Å². The van der Waals surface area contributed by atoms with Gasteiger partial charge in [-0.3, -0.25) is 9.78 Å². The molecule has 1 aromatic carbocycles. The molecular weight excluding hydrogens is 292 g/mol. The Morgan fingerprint density at radius 2 is 2.09 bits per heavy atom. The van der Waals surface area contributed by atoms with Crippen LogP contribution in [-0.4, -0.2) is 20.9 Å². The third-order valence-corrected chi connectivity index (χ3v) is 3.51. The van der Waals surface area contributed by atoms with E-state index in [2.05, 4.69) is 20.3 Å². The molecule has 0 saturated heterocycles. The first-order chi connectivity index (χ1) is 11.1. The number of hydrogen-bond acceptors (Lipinski definition) is 3. The second kappa shape index (κ2) is 6.31. The van der Waals surface area contributed by atoms with Crippen molar-refractivity contribution < 1.29 is 4.79 Å². The molecule has 0 radical (unpaired) electrons. The van der Waals surface area contributed by atoms with Crippen LogP contribution in [0.15, 0.2) is 53.6 Å². The third-order valence-electron chi connectivity index (χ3n) is 3.51. The quantitative estimate of drug-likeness (QED) is 0.645. The van der Waals surface area contributed by atoms with E-state index in [-0.39, 0.29) is 17.6 Å². The van der Waals surface area contributed by atoms with Gasteiger partial charge < -0.3 is 15.3 Å². The van der Waals surface area contributed by atoms with Crippen LogP contribution in [0.2, 0.25) is 0 Å². The molecule has 23 heavy (non-hydrogen) atoms. The van der Waals surface area contributed by atoms with Gasteiger partial charge in [0, 0.05) is 18.5 Å². The molecule has 116 valence electrons. The lowest BCUT2D eigenvalue weighted by molar-refractivity contribution is -0.117. The number of carbonyl (C=O) groups excluding carboxylic acids is 1. The van der Waals surface area contributed by atoms with Gasteiger partial charge in [0.15, 0.2) is 0 Å². The summed E-state index contributed by atoms with van der Waals surface area (Å²) in [5.41, 5.74) is 3.00. The standard InChI is InChI=1S/C17H16N4O2/c1-11(13-5-6-14-15(9-13)21-17(23)20-14)19-16(22)7-4-12-3-2-8-18-10-12/h2-11H,1H3,(H,19,22)(H2,20,21,23)/b7-4+. The van der Waals surface area contributed by atoms with Gasteiger partial charge in [-0.25, -0.2) is 4.79 Å². The van der Waals surface area contributed by atoms with Crippen molar-refractivity contribution in [2.45, 2.75) is 13.0 Å². The van der Waals surface area contributed by atoms with Gasteiger partial charge in [-0.15, -0.1) is 0 Å². The Morgan fingerprint density at radius 3 is 2.87 bits per heavy atom. The number of pyridine rings is 1. The minimum atomic E-state index is -0.242. The van der Waals surface area contributed by atoms with Crippen LogP contribution in [0.4, 0.5) is 0 Å². The predicted molar refractivity (Wildman–Crippen MR) is 88.7 cm³/mol. The highest BCUT2D eigenvalue weighted by atomic mass is 16.1. The van der Waals surface area contributed by atoms with Gasteiger partial charge in [0.25, 0.3) is 0 Å².